The number of nitrogens with one attached hydrogen (secondary N) is 1. The molecule has 4 nitrogen and oxygen atoms in total. The highest BCUT2D eigenvalue weighted by atomic mass is 32.2. The molecule has 3 aliphatic rings. The number of nitrogens with two attached hydrogens (primary N) is 2. The first-order chi connectivity index (χ1) is 10.4. The van der Waals surface area contributed by atoms with Gasteiger partial charge in [0.05, 0.1) is 0 Å². The minimum atomic E-state index is 0.236. The minimum Gasteiger partial charge on any atom is -0.402 e. The van der Waals surface area contributed by atoms with E-state index < -0.39 is 0 Å². The SMILES string of the molecule is CC(C)(C)SN.NC1=C(C2=NCC3(CCNCC3)C2)CCC1. The van der Waals surface area contributed by atoms with Crippen molar-refractivity contribution in [3.05, 3.63) is 11.3 Å². The third kappa shape index (κ3) is 4.74. The summed E-state index contributed by atoms with van der Waals surface area (Å²) in [5.41, 5.74) is 10.4. The fourth-order valence-corrected chi connectivity index (χ4v) is 3.32. The first kappa shape index (κ1) is 17.8. The summed E-state index contributed by atoms with van der Waals surface area (Å²) >= 11 is 1.38. The van der Waals surface area contributed by atoms with Gasteiger partial charge in [0, 0.05) is 22.7 Å². The van der Waals surface area contributed by atoms with Crippen molar-refractivity contribution in [2.45, 2.75) is 64.0 Å². The topological polar surface area (TPSA) is 76.4 Å². The van der Waals surface area contributed by atoms with Crippen molar-refractivity contribution in [3.63, 3.8) is 0 Å². The minimum absolute atomic E-state index is 0.236. The molecule has 1 spiro atoms. The second-order valence-electron chi connectivity index (χ2n) is 7.78. The summed E-state index contributed by atoms with van der Waals surface area (Å²) in [5, 5.41) is 8.66. The van der Waals surface area contributed by atoms with Gasteiger partial charge in [0.15, 0.2) is 0 Å². The van der Waals surface area contributed by atoms with Gasteiger partial charge in [-0.05, 0) is 83.4 Å². The number of aliphatic imine (C=N–C) groups is 1. The third-order valence-corrected chi connectivity index (χ3v) is 5.48. The van der Waals surface area contributed by atoms with E-state index in [2.05, 4.69) is 26.1 Å². The third-order valence-electron chi connectivity index (χ3n) is 4.77. The molecule has 1 aliphatic carbocycles. The van der Waals surface area contributed by atoms with E-state index in [1.807, 2.05) is 0 Å². The molecule has 0 bridgehead atoms. The van der Waals surface area contributed by atoms with E-state index in [-0.39, 0.29) is 4.75 Å². The van der Waals surface area contributed by atoms with Crippen LogP contribution in [0.15, 0.2) is 16.3 Å². The van der Waals surface area contributed by atoms with Gasteiger partial charge in [0.25, 0.3) is 0 Å². The number of nitrogens with zero attached hydrogens (tertiary/aromatic N) is 1. The van der Waals surface area contributed by atoms with E-state index >= 15 is 0 Å². The molecule has 126 valence electrons. The van der Waals surface area contributed by atoms with Crippen LogP contribution in [0.5, 0.6) is 0 Å². The molecule has 0 aromatic rings. The Morgan fingerprint density at radius 3 is 2.32 bits per heavy atom. The van der Waals surface area contributed by atoms with Crippen LogP contribution in [-0.4, -0.2) is 30.1 Å². The van der Waals surface area contributed by atoms with E-state index in [1.165, 1.54) is 55.3 Å². The maximum atomic E-state index is 6.06. The fourth-order valence-electron chi connectivity index (χ4n) is 3.32. The van der Waals surface area contributed by atoms with Gasteiger partial charge in [0.2, 0.25) is 0 Å². The Morgan fingerprint density at radius 2 is 1.82 bits per heavy atom. The Labute approximate surface area is 139 Å². The second kappa shape index (κ2) is 7.37. The van der Waals surface area contributed by atoms with Crippen molar-refractivity contribution in [1.29, 1.82) is 0 Å². The summed E-state index contributed by atoms with van der Waals surface area (Å²) in [5.74, 6) is 0. The predicted octanol–water partition coefficient (Wildman–Crippen LogP) is 2.99. The lowest BCUT2D eigenvalue weighted by atomic mass is 9.76. The van der Waals surface area contributed by atoms with Crippen LogP contribution in [0.1, 0.15) is 59.3 Å². The lowest BCUT2D eigenvalue weighted by Crippen LogP contribution is -2.37. The molecule has 5 N–H and O–H groups in total. The van der Waals surface area contributed by atoms with Gasteiger partial charge >= 0.3 is 0 Å². The van der Waals surface area contributed by atoms with E-state index in [4.69, 9.17) is 15.9 Å². The highest BCUT2D eigenvalue weighted by Crippen LogP contribution is 2.40. The van der Waals surface area contributed by atoms with Gasteiger partial charge in [-0.25, -0.2) is 0 Å². The average Bonchev–Trinajstić information content (AvgIpc) is 3.07. The Bertz CT molecular complexity index is 442. The van der Waals surface area contributed by atoms with Crippen LogP contribution >= 0.6 is 11.9 Å². The van der Waals surface area contributed by atoms with Crippen molar-refractivity contribution in [3.8, 4) is 0 Å². The smallest absolute Gasteiger partial charge is 0.0453 e. The van der Waals surface area contributed by atoms with Crippen LogP contribution in [0.25, 0.3) is 0 Å². The van der Waals surface area contributed by atoms with Crippen LogP contribution in [0, 0.1) is 5.41 Å². The van der Waals surface area contributed by atoms with Crippen molar-refractivity contribution in [1.82, 2.24) is 5.32 Å². The number of piperidine rings is 1. The molecule has 5 heteroatoms. The number of rotatable bonds is 1. The molecule has 22 heavy (non-hydrogen) atoms. The zero-order chi connectivity index (χ0) is 16.2. The lowest BCUT2D eigenvalue weighted by molar-refractivity contribution is 0.235. The highest BCUT2D eigenvalue weighted by molar-refractivity contribution is 7.98. The van der Waals surface area contributed by atoms with Crippen molar-refractivity contribution >= 4 is 17.7 Å². The number of allylic oxidation sites excluding steroid dienone is 2. The molecule has 2 aliphatic heterocycles. The number of hydrogen-bond donors (Lipinski definition) is 3. The molecule has 3 rings (SSSR count). The van der Waals surface area contributed by atoms with Gasteiger partial charge in [-0.1, -0.05) is 11.9 Å². The Morgan fingerprint density at radius 1 is 1.18 bits per heavy atom. The first-order valence-electron chi connectivity index (χ1n) is 8.45. The summed E-state index contributed by atoms with van der Waals surface area (Å²) in [6, 6.07) is 0. The second-order valence-corrected chi connectivity index (χ2v) is 9.24. The molecule has 0 atom stereocenters. The van der Waals surface area contributed by atoms with Crippen molar-refractivity contribution < 1.29 is 0 Å². The molecule has 0 unspecified atom stereocenters. The van der Waals surface area contributed by atoms with Gasteiger partial charge in [-0.2, -0.15) is 0 Å². The van der Waals surface area contributed by atoms with E-state index in [0.717, 1.165) is 31.8 Å². The molecule has 0 radical (unpaired) electrons. The summed E-state index contributed by atoms with van der Waals surface area (Å²) in [4.78, 5) is 4.80. The van der Waals surface area contributed by atoms with E-state index in [9.17, 15) is 0 Å². The Balaban J connectivity index is 0.000000254. The van der Waals surface area contributed by atoms with Crippen LogP contribution in [0.4, 0.5) is 0 Å². The molecule has 0 aromatic carbocycles. The first-order valence-corrected chi connectivity index (χ1v) is 9.33. The molecule has 1 fully saturated rings. The zero-order valence-corrected chi connectivity index (χ0v) is 15.2. The molecule has 2 heterocycles. The summed E-state index contributed by atoms with van der Waals surface area (Å²) in [7, 11) is 0. The van der Waals surface area contributed by atoms with Crippen LogP contribution < -0.4 is 16.2 Å². The molecule has 0 saturated carbocycles. The van der Waals surface area contributed by atoms with Crippen LogP contribution in [0.3, 0.4) is 0 Å². The van der Waals surface area contributed by atoms with E-state index in [1.54, 1.807) is 0 Å². The monoisotopic (exact) mass is 324 g/mol. The maximum absolute atomic E-state index is 6.06. The highest BCUT2D eigenvalue weighted by Gasteiger charge is 2.38. The number of hydrogen-bond acceptors (Lipinski definition) is 5. The molecule has 0 aromatic heterocycles. The van der Waals surface area contributed by atoms with Gasteiger partial charge in [-0.15, -0.1) is 0 Å². The Hall–Kier alpha value is -0.520. The van der Waals surface area contributed by atoms with E-state index in [0.29, 0.717) is 5.41 Å². The molecule has 1 saturated heterocycles. The lowest BCUT2D eigenvalue weighted by Gasteiger charge is -2.32. The summed E-state index contributed by atoms with van der Waals surface area (Å²) in [6.45, 7) is 9.61. The normalized spacial score (nSPS) is 24.3. The standard InChI is InChI=1S/C13H21N3.C4H11NS/c14-11-3-1-2-10(11)12-8-13(9-16-12)4-6-15-7-5-13;1-4(2,3)6-5/h15H,1-9,14H2;5H2,1-3H3. The Kier molecular flexibility index (Phi) is 5.97. The van der Waals surface area contributed by atoms with Crippen LogP contribution in [-0.2, 0) is 0 Å². The van der Waals surface area contributed by atoms with Gasteiger partial charge in [-0.3, -0.25) is 10.1 Å². The average molecular weight is 325 g/mol. The van der Waals surface area contributed by atoms with Crippen molar-refractivity contribution in [2.24, 2.45) is 21.3 Å². The van der Waals surface area contributed by atoms with Crippen LogP contribution in [0.2, 0.25) is 0 Å². The molecular formula is C17H32N4S. The molecular weight excluding hydrogens is 292 g/mol. The quantitative estimate of drug-likeness (QED) is 0.648. The molecule has 0 amide bonds. The fraction of sp³-hybridized carbons (Fsp3) is 0.824. The predicted molar refractivity (Wildman–Crippen MR) is 98.1 cm³/mol. The van der Waals surface area contributed by atoms with Gasteiger partial charge in [0.1, 0.15) is 0 Å². The largest absolute Gasteiger partial charge is 0.402 e. The maximum Gasteiger partial charge on any atom is 0.0453 e. The van der Waals surface area contributed by atoms with Crippen molar-refractivity contribution in [2.75, 3.05) is 19.6 Å². The summed E-state index contributed by atoms with van der Waals surface area (Å²) < 4.78 is 0.236. The van der Waals surface area contributed by atoms with Gasteiger partial charge < -0.3 is 11.1 Å². The zero-order valence-electron chi connectivity index (χ0n) is 14.4. The summed E-state index contributed by atoms with van der Waals surface area (Å²) in [6.07, 6.45) is 7.24.